The van der Waals surface area contributed by atoms with Gasteiger partial charge in [0.2, 0.25) is 5.91 Å². The minimum atomic E-state index is 0.0573. The summed E-state index contributed by atoms with van der Waals surface area (Å²) >= 11 is 1.53. The molecular formula is C13H24N6O2S. The van der Waals surface area contributed by atoms with Gasteiger partial charge in [-0.1, -0.05) is 0 Å². The summed E-state index contributed by atoms with van der Waals surface area (Å²) in [6, 6.07) is 0.230. The number of carbonyl (C=O) groups is 1. The number of ether oxygens (including phenoxy) is 1. The number of carbonyl (C=O) groups excluding carboxylic acids is 1. The van der Waals surface area contributed by atoms with E-state index in [1.165, 1.54) is 11.8 Å². The minimum Gasteiger partial charge on any atom is -0.379 e. The molecule has 1 aromatic rings. The molecule has 1 aliphatic heterocycles. The fourth-order valence-corrected chi connectivity index (χ4v) is 2.93. The molecule has 124 valence electrons. The predicted octanol–water partition coefficient (Wildman–Crippen LogP) is -0.0644. The van der Waals surface area contributed by atoms with Crippen LogP contribution in [0.1, 0.15) is 25.7 Å². The zero-order valence-electron chi connectivity index (χ0n) is 13.2. The van der Waals surface area contributed by atoms with Crippen molar-refractivity contribution in [3.8, 4) is 0 Å². The van der Waals surface area contributed by atoms with E-state index in [2.05, 4.69) is 25.7 Å². The Kier molecular flexibility index (Phi) is 7.07. The molecule has 0 spiro atoms. The molecule has 0 radical (unpaired) electrons. The van der Waals surface area contributed by atoms with Crippen molar-refractivity contribution in [2.75, 3.05) is 45.1 Å². The summed E-state index contributed by atoms with van der Waals surface area (Å²) in [5, 5.41) is 14.6. The molecule has 2 heterocycles. The van der Waals surface area contributed by atoms with Gasteiger partial charge in [0.05, 0.1) is 30.8 Å². The van der Waals surface area contributed by atoms with E-state index < -0.39 is 0 Å². The first-order valence-corrected chi connectivity index (χ1v) is 8.73. The molecule has 0 aliphatic carbocycles. The second-order valence-corrected chi connectivity index (χ2v) is 6.42. The van der Waals surface area contributed by atoms with E-state index in [1.807, 2.05) is 13.8 Å². The van der Waals surface area contributed by atoms with Crippen molar-refractivity contribution in [1.29, 1.82) is 0 Å². The molecule has 0 atom stereocenters. The van der Waals surface area contributed by atoms with Crippen molar-refractivity contribution in [1.82, 2.24) is 30.4 Å². The van der Waals surface area contributed by atoms with Gasteiger partial charge in [-0.25, -0.2) is 4.68 Å². The van der Waals surface area contributed by atoms with Crippen molar-refractivity contribution >= 4 is 17.7 Å². The highest BCUT2D eigenvalue weighted by atomic mass is 32.2. The van der Waals surface area contributed by atoms with E-state index in [0.29, 0.717) is 18.1 Å². The van der Waals surface area contributed by atoms with Gasteiger partial charge in [-0.3, -0.25) is 9.69 Å². The Morgan fingerprint density at radius 1 is 1.41 bits per heavy atom. The van der Waals surface area contributed by atoms with Crippen LogP contribution in [0.4, 0.5) is 0 Å². The predicted molar refractivity (Wildman–Crippen MR) is 84.6 cm³/mol. The van der Waals surface area contributed by atoms with Crippen LogP contribution < -0.4 is 5.32 Å². The van der Waals surface area contributed by atoms with E-state index in [9.17, 15) is 4.79 Å². The fraction of sp³-hybridized carbons (Fsp3) is 0.846. The van der Waals surface area contributed by atoms with Crippen LogP contribution in [0.25, 0.3) is 0 Å². The average Bonchev–Trinajstić information content (AvgIpc) is 2.97. The van der Waals surface area contributed by atoms with E-state index in [1.54, 1.807) is 4.68 Å². The second kappa shape index (κ2) is 9.06. The number of morpholine rings is 1. The molecule has 22 heavy (non-hydrogen) atoms. The van der Waals surface area contributed by atoms with Crippen LogP contribution in [-0.4, -0.2) is 76.2 Å². The Bertz CT molecular complexity index is 461. The number of hydrogen-bond donors (Lipinski definition) is 1. The first-order chi connectivity index (χ1) is 10.7. The van der Waals surface area contributed by atoms with E-state index >= 15 is 0 Å². The molecule has 9 heteroatoms. The third-order valence-corrected chi connectivity index (χ3v) is 4.30. The third-order valence-electron chi connectivity index (χ3n) is 3.37. The molecule has 0 saturated carbocycles. The number of amides is 1. The van der Waals surface area contributed by atoms with Crippen LogP contribution in [0.2, 0.25) is 0 Å². The number of rotatable bonds is 8. The largest absolute Gasteiger partial charge is 0.379 e. The average molecular weight is 328 g/mol. The molecule has 1 N–H and O–H groups in total. The number of thioether (sulfide) groups is 1. The lowest BCUT2D eigenvalue weighted by atomic mass is 10.4. The maximum Gasteiger partial charge on any atom is 0.230 e. The Hall–Kier alpha value is -1.19. The topological polar surface area (TPSA) is 85.2 Å². The van der Waals surface area contributed by atoms with Crippen LogP contribution in [0.3, 0.4) is 0 Å². The van der Waals surface area contributed by atoms with Crippen molar-refractivity contribution in [2.45, 2.75) is 25.6 Å². The maximum atomic E-state index is 11.8. The van der Waals surface area contributed by atoms with Gasteiger partial charge in [0.25, 0.3) is 0 Å². The van der Waals surface area contributed by atoms with Gasteiger partial charge in [-0.05, 0) is 24.3 Å². The highest BCUT2D eigenvalue weighted by Gasteiger charge is 2.12. The number of aromatic nitrogens is 4. The second-order valence-electron chi connectivity index (χ2n) is 5.43. The lowest BCUT2D eigenvalue weighted by molar-refractivity contribution is -0.118. The molecule has 0 bridgehead atoms. The standard InChI is InChI=1S/C13H24N6O2S/c1-11(2)19-12(15-16-17-19)9-22-10-13(20)14-3-4-18-5-7-21-8-6-18/h11H,3-10H2,1-2H3,(H,14,20). The fourth-order valence-electron chi connectivity index (χ4n) is 2.17. The molecule has 1 amide bonds. The van der Waals surface area contributed by atoms with Gasteiger partial charge in [0, 0.05) is 26.2 Å². The molecule has 8 nitrogen and oxygen atoms in total. The van der Waals surface area contributed by atoms with Crippen LogP contribution in [0.5, 0.6) is 0 Å². The Balaban J connectivity index is 1.58. The zero-order chi connectivity index (χ0) is 15.8. The lowest BCUT2D eigenvalue weighted by Crippen LogP contribution is -2.41. The molecule has 0 aromatic carbocycles. The summed E-state index contributed by atoms with van der Waals surface area (Å²) < 4.78 is 7.07. The van der Waals surface area contributed by atoms with Crippen LogP contribution in [0.15, 0.2) is 0 Å². The molecule has 1 aliphatic rings. The van der Waals surface area contributed by atoms with Crippen molar-refractivity contribution < 1.29 is 9.53 Å². The number of hydrogen-bond acceptors (Lipinski definition) is 7. The normalized spacial score (nSPS) is 16.1. The first kappa shape index (κ1) is 17.2. The summed E-state index contributed by atoms with van der Waals surface area (Å²) in [5.41, 5.74) is 0. The SMILES string of the molecule is CC(C)n1nnnc1CSCC(=O)NCCN1CCOCC1. The Labute approximate surface area is 134 Å². The summed E-state index contributed by atoms with van der Waals surface area (Å²) in [6.07, 6.45) is 0. The zero-order valence-corrected chi connectivity index (χ0v) is 14.0. The Morgan fingerprint density at radius 2 is 2.18 bits per heavy atom. The highest BCUT2D eigenvalue weighted by Crippen LogP contribution is 2.12. The maximum absolute atomic E-state index is 11.8. The van der Waals surface area contributed by atoms with Crippen molar-refractivity contribution in [3.63, 3.8) is 0 Å². The van der Waals surface area contributed by atoms with Gasteiger partial charge in [-0.15, -0.1) is 16.9 Å². The van der Waals surface area contributed by atoms with Crippen LogP contribution >= 0.6 is 11.8 Å². The third kappa shape index (κ3) is 5.54. The number of tetrazole rings is 1. The molecular weight excluding hydrogens is 304 g/mol. The summed E-state index contributed by atoms with van der Waals surface area (Å²) in [4.78, 5) is 14.1. The van der Waals surface area contributed by atoms with Gasteiger partial charge in [0.1, 0.15) is 0 Å². The van der Waals surface area contributed by atoms with Gasteiger partial charge >= 0.3 is 0 Å². The first-order valence-electron chi connectivity index (χ1n) is 7.58. The van der Waals surface area contributed by atoms with E-state index in [0.717, 1.165) is 38.7 Å². The molecule has 2 rings (SSSR count). The summed E-state index contributed by atoms with van der Waals surface area (Å²) in [6.45, 7) is 9.09. The van der Waals surface area contributed by atoms with Gasteiger partial charge in [0.15, 0.2) is 5.82 Å². The smallest absolute Gasteiger partial charge is 0.230 e. The molecule has 0 unspecified atom stereocenters. The molecule has 1 saturated heterocycles. The molecule has 1 aromatic heterocycles. The van der Waals surface area contributed by atoms with Crippen LogP contribution in [0, 0.1) is 0 Å². The Morgan fingerprint density at radius 3 is 2.91 bits per heavy atom. The summed E-state index contributed by atoms with van der Waals surface area (Å²) in [5.74, 6) is 1.93. The highest BCUT2D eigenvalue weighted by molar-refractivity contribution is 7.99. The van der Waals surface area contributed by atoms with E-state index in [-0.39, 0.29) is 11.9 Å². The van der Waals surface area contributed by atoms with Crippen molar-refractivity contribution in [2.24, 2.45) is 0 Å². The number of nitrogens with one attached hydrogen (secondary N) is 1. The van der Waals surface area contributed by atoms with Crippen LogP contribution in [-0.2, 0) is 15.3 Å². The van der Waals surface area contributed by atoms with Gasteiger partial charge < -0.3 is 10.1 Å². The summed E-state index contributed by atoms with van der Waals surface area (Å²) in [7, 11) is 0. The lowest BCUT2D eigenvalue weighted by Gasteiger charge is -2.26. The van der Waals surface area contributed by atoms with Gasteiger partial charge in [-0.2, -0.15) is 0 Å². The quantitative estimate of drug-likeness (QED) is 0.715. The number of nitrogens with zero attached hydrogens (tertiary/aromatic N) is 5. The minimum absolute atomic E-state index is 0.0573. The molecule has 1 fully saturated rings. The van der Waals surface area contributed by atoms with E-state index in [4.69, 9.17) is 4.74 Å². The monoisotopic (exact) mass is 328 g/mol. The van der Waals surface area contributed by atoms with Crippen molar-refractivity contribution in [3.05, 3.63) is 5.82 Å².